The fourth-order valence-corrected chi connectivity index (χ4v) is 3.29. The second kappa shape index (κ2) is 8.94. The van der Waals surface area contributed by atoms with Crippen molar-refractivity contribution >= 4 is 21.8 Å². The molecule has 0 aromatic heterocycles. The van der Waals surface area contributed by atoms with Gasteiger partial charge in [0.2, 0.25) is 0 Å². The highest BCUT2D eigenvalue weighted by atomic mass is 79.9. The molecule has 2 aromatic rings. The molecular weight excluding hydrogens is 371 g/mol. The van der Waals surface area contributed by atoms with Gasteiger partial charge in [-0.1, -0.05) is 44.2 Å². The van der Waals surface area contributed by atoms with Crippen LogP contribution >= 0.6 is 15.9 Å². The van der Waals surface area contributed by atoms with E-state index in [9.17, 15) is 9.18 Å². The number of carbonyl (C=O) groups is 1. The van der Waals surface area contributed by atoms with Gasteiger partial charge in [0, 0.05) is 11.0 Å². The summed E-state index contributed by atoms with van der Waals surface area (Å²) in [5.74, 6) is -0.585. The number of halogens is 2. The summed E-state index contributed by atoms with van der Waals surface area (Å²) in [5, 5.41) is 2.97. The highest BCUT2D eigenvalue weighted by molar-refractivity contribution is 9.10. The van der Waals surface area contributed by atoms with Gasteiger partial charge in [-0.3, -0.25) is 9.69 Å². The Labute approximate surface area is 151 Å². The van der Waals surface area contributed by atoms with E-state index >= 15 is 0 Å². The van der Waals surface area contributed by atoms with Crippen molar-refractivity contribution < 1.29 is 9.18 Å². The predicted molar refractivity (Wildman–Crippen MR) is 98.5 cm³/mol. The Hall–Kier alpha value is -1.72. The molecule has 5 heteroatoms. The summed E-state index contributed by atoms with van der Waals surface area (Å²) >= 11 is 3.24. The zero-order valence-electron chi connectivity index (χ0n) is 13.9. The van der Waals surface area contributed by atoms with Gasteiger partial charge in [0.1, 0.15) is 5.82 Å². The van der Waals surface area contributed by atoms with Gasteiger partial charge < -0.3 is 5.32 Å². The number of hydrogen-bond donors (Lipinski definition) is 1. The second-order valence-corrected chi connectivity index (χ2v) is 6.34. The second-order valence-electron chi connectivity index (χ2n) is 5.48. The van der Waals surface area contributed by atoms with Gasteiger partial charge in [-0.15, -0.1) is 0 Å². The Balaban J connectivity index is 2.14. The van der Waals surface area contributed by atoms with E-state index < -0.39 is 0 Å². The molecule has 24 heavy (non-hydrogen) atoms. The van der Waals surface area contributed by atoms with Crippen LogP contribution in [0.2, 0.25) is 0 Å². The SMILES string of the molecule is CCN(CC)C(CNC(=O)c1ccc(F)cc1Br)c1ccccc1. The van der Waals surface area contributed by atoms with Gasteiger partial charge in [-0.2, -0.15) is 0 Å². The quantitative estimate of drug-likeness (QED) is 0.756. The number of rotatable bonds is 7. The van der Waals surface area contributed by atoms with Crippen molar-refractivity contribution in [3.63, 3.8) is 0 Å². The third-order valence-electron chi connectivity index (χ3n) is 4.07. The van der Waals surface area contributed by atoms with Crippen LogP contribution in [0, 0.1) is 5.82 Å². The van der Waals surface area contributed by atoms with Crippen molar-refractivity contribution in [1.82, 2.24) is 10.2 Å². The van der Waals surface area contributed by atoms with E-state index in [0.717, 1.165) is 13.1 Å². The zero-order valence-corrected chi connectivity index (χ0v) is 15.5. The van der Waals surface area contributed by atoms with E-state index in [4.69, 9.17) is 0 Å². The summed E-state index contributed by atoms with van der Waals surface area (Å²) in [5.41, 5.74) is 1.60. The topological polar surface area (TPSA) is 32.3 Å². The van der Waals surface area contributed by atoms with Gasteiger partial charge >= 0.3 is 0 Å². The monoisotopic (exact) mass is 392 g/mol. The molecule has 0 radical (unpaired) electrons. The van der Waals surface area contributed by atoms with Crippen LogP contribution in [0.4, 0.5) is 4.39 Å². The third kappa shape index (κ3) is 4.65. The Morgan fingerprint density at radius 2 is 1.83 bits per heavy atom. The van der Waals surface area contributed by atoms with E-state index in [1.54, 1.807) is 0 Å². The molecule has 0 aliphatic rings. The molecule has 0 spiro atoms. The molecule has 0 aliphatic carbocycles. The highest BCUT2D eigenvalue weighted by Crippen LogP contribution is 2.21. The van der Waals surface area contributed by atoms with E-state index in [1.807, 2.05) is 18.2 Å². The molecule has 1 amide bonds. The van der Waals surface area contributed by atoms with Crippen LogP contribution in [0.15, 0.2) is 53.0 Å². The number of carbonyl (C=O) groups excluding carboxylic acids is 1. The Morgan fingerprint density at radius 1 is 1.17 bits per heavy atom. The smallest absolute Gasteiger partial charge is 0.252 e. The molecule has 1 unspecified atom stereocenters. The summed E-state index contributed by atoms with van der Waals surface area (Å²) in [4.78, 5) is 14.7. The van der Waals surface area contributed by atoms with Crippen LogP contribution in [-0.4, -0.2) is 30.4 Å². The lowest BCUT2D eigenvalue weighted by Crippen LogP contribution is -2.38. The first-order chi connectivity index (χ1) is 11.6. The number of likely N-dealkylation sites (N-methyl/N-ethyl adjacent to an activating group) is 1. The van der Waals surface area contributed by atoms with Crippen LogP contribution in [-0.2, 0) is 0 Å². The summed E-state index contributed by atoms with van der Waals surface area (Å²) < 4.78 is 13.6. The lowest BCUT2D eigenvalue weighted by Gasteiger charge is -2.30. The maximum atomic E-state index is 13.2. The fraction of sp³-hybridized carbons (Fsp3) is 0.316. The number of nitrogens with one attached hydrogen (secondary N) is 1. The normalized spacial score (nSPS) is 12.2. The molecule has 0 fully saturated rings. The van der Waals surface area contributed by atoms with E-state index in [2.05, 4.69) is 52.1 Å². The average Bonchev–Trinajstić information content (AvgIpc) is 2.59. The number of nitrogens with zero attached hydrogens (tertiary/aromatic N) is 1. The lowest BCUT2D eigenvalue weighted by molar-refractivity contribution is 0.0934. The molecule has 0 saturated carbocycles. The Bertz CT molecular complexity index is 674. The zero-order chi connectivity index (χ0) is 17.5. The van der Waals surface area contributed by atoms with Crippen molar-refractivity contribution in [3.05, 3.63) is 69.9 Å². The lowest BCUT2D eigenvalue weighted by atomic mass is 10.0. The van der Waals surface area contributed by atoms with Gasteiger partial charge in [0.15, 0.2) is 0 Å². The molecule has 0 bridgehead atoms. The molecule has 2 rings (SSSR count). The van der Waals surface area contributed by atoms with Gasteiger partial charge in [0.05, 0.1) is 11.6 Å². The van der Waals surface area contributed by atoms with Crippen molar-refractivity contribution in [3.8, 4) is 0 Å². The van der Waals surface area contributed by atoms with Crippen molar-refractivity contribution in [2.45, 2.75) is 19.9 Å². The molecule has 1 N–H and O–H groups in total. The maximum absolute atomic E-state index is 13.2. The molecule has 1 atom stereocenters. The van der Waals surface area contributed by atoms with Crippen LogP contribution in [0.1, 0.15) is 35.8 Å². The predicted octanol–water partition coefficient (Wildman–Crippen LogP) is 4.40. The number of amides is 1. The minimum atomic E-state index is -0.372. The number of benzene rings is 2. The van der Waals surface area contributed by atoms with Crippen LogP contribution < -0.4 is 5.32 Å². The summed E-state index contributed by atoms with van der Waals surface area (Å²) in [6.07, 6.45) is 0. The minimum absolute atomic E-state index is 0.101. The van der Waals surface area contributed by atoms with Gasteiger partial charge in [-0.05, 0) is 52.8 Å². The molecule has 128 valence electrons. The van der Waals surface area contributed by atoms with E-state index in [0.29, 0.717) is 16.6 Å². The molecular formula is C19H22BrFN2O. The van der Waals surface area contributed by atoms with Crippen LogP contribution in [0.25, 0.3) is 0 Å². The summed E-state index contributed by atoms with van der Waals surface area (Å²) in [7, 11) is 0. The molecule has 0 saturated heterocycles. The minimum Gasteiger partial charge on any atom is -0.350 e. The average molecular weight is 393 g/mol. The number of hydrogen-bond acceptors (Lipinski definition) is 2. The van der Waals surface area contributed by atoms with Crippen LogP contribution in [0.3, 0.4) is 0 Å². The molecule has 3 nitrogen and oxygen atoms in total. The van der Waals surface area contributed by atoms with E-state index in [1.165, 1.54) is 23.8 Å². The first-order valence-electron chi connectivity index (χ1n) is 8.09. The molecule has 0 heterocycles. The van der Waals surface area contributed by atoms with E-state index in [-0.39, 0.29) is 17.8 Å². The molecule has 0 aliphatic heterocycles. The van der Waals surface area contributed by atoms with Crippen LogP contribution in [0.5, 0.6) is 0 Å². The van der Waals surface area contributed by atoms with Gasteiger partial charge in [0.25, 0.3) is 5.91 Å². The van der Waals surface area contributed by atoms with Gasteiger partial charge in [-0.25, -0.2) is 4.39 Å². The first-order valence-corrected chi connectivity index (χ1v) is 8.88. The fourth-order valence-electron chi connectivity index (χ4n) is 2.76. The first kappa shape index (κ1) is 18.6. The maximum Gasteiger partial charge on any atom is 0.252 e. The highest BCUT2D eigenvalue weighted by Gasteiger charge is 2.19. The molecule has 2 aromatic carbocycles. The third-order valence-corrected chi connectivity index (χ3v) is 4.73. The Morgan fingerprint density at radius 3 is 2.42 bits per heavy atom. The van der Waals surface area contributed by atoms with Crippen molar-refractivity contribution in [2.75, 3.05) is 19.6 Å². The Kier molecular flexibility index (Phi) is 6.94. The van der Waals surface area contributed by atoms with Crippen molar-refractivity contribution in [1.29, 1.82) is 0 Å². The summed E-state index contributed by atoms with van der Waals surface area (Å²) in [6.45, 7) is 6.50. The largest absolute Gasteiger partial charge is 0.350 e. The summed E-state index contributed by atoms with van der Waals surface area (Å²) in [6, 6.07) is 14.3. The standard InChI is InChI=1S/C19H22BrFN2O/c1-3-23(4-2)18(14-8-6-5-7-9-14)13-22-19(24)16-11-10-15(21)12-17(16)20/h5-12,18H,3-4,13H2,1-2H3,(H,22,24). The van der Waals surface area contributed by atoms with Crippen molar-refractivity contribution in [2.24, 2.45) is 0 Å².